The Balaban J connectivity index is 3.12. The summed E-state index contributed by atoms with van der Waals surface area (Å²) in [6, 6.07) is -0.196. The van der Waals surface area contributed by atoms with Gasteiger partial charge in [0.2, 0.25) is 0 Å². The maximum Gasteiger partial charge on any atom is 0.405 e. The Morgan fingerprint density at radius 2 is 2.14 bits per heavy atom. The number of nitrogens with zero attached hydrogens (tertiary/aromatic N) is 2. The Morgan fingerprint density at radius 1 is 1.52 bits per heavy atom. The van der Waals surface area contributed by atoms with Crippen LogP contribution in [-0.4, -0.2) is 47.3 Å². The Bertz CT molecular complexity index is 490. The number of nitrogen functional groups attached to an aromatic ring is 1. The van der Waals surface area contributed by atoms with Crippen molar-refractivity contribution in [3.05, 3.63) is 5.56 Å². The molecule has 1 aromatic heterocycles. The predicted molar refractivity (Wildman–Crippen MR) is 74.5 cm³/mol. The summed E-state index contributed by atoms with van der Waals surface area (Å²) in [7, 11) is 0. The van der Waals surface area contributed by atoms with Crippen LogP contribution in [0.5, 0.6) is 0 Å². The molecule has 0 bridgehead atoms. The van der Waals surface area contributed by atoms with Gasteiger partial charge in [-0.05, 0) is 25.4 Å². The van der Waals surface area contributed by atoms with Crippen LogP contribution < -0.4 is 16.0 Å². The van der Waals surface area contributed by atoms with E-state index in [0.717, 1.165) is 4.90 Å². The summed E-state index contributed by atoms with van der Waals surface area (Å²) in [5, 5.41) is 11.5. The number of halogens is 3. The van der Waals surface area contributed by atoms with Gasteiger partial charge in [-0.3, -0.25) is 4.79 Å². The zero-order chi connectivity index (χ0) is 16.2. The fourth-order valence-corrected chi connectivity index (χ4v) is 2.48. The Kier molecular flexibility index (Phi) is 5.78. The van der Waals surface area contributed by atoms with Gasteiger partial charge in [0.15, 0.2) is 5.82 Å². The highest BCUT2D eigenvalue weighted by atomic mass is 32.1. The van der Waals surface area contributed by atoms with Crippen LogP contribution in [0.1, 0.15) is 24.2 Å². The number of carbonyl (C=O) groups excluding carboxylic acids is 1. The summed E-state index contributed by atoms with van der Waals surface area (Å²) in [5.41, 5.74) is 5.49. The molecule has 0 aliphatic carbocycles. The van der Waals surface area contributed by atoms with Crippen molar-refractivity contribution in [2.45, 2.75) is 26.1 Å². The number of aliphatic hydroxyl groups is 1. The average Bonchev–Trinajstić information content (AvgIpc) is 2.68. The van der Waals surface area contributed by atoms with Crippen LogP contribution >= 0.6 is 11.5 Å². The van der Waals surface area contributed by atoms with E-state index < -0.39 is 25.2 Å². The molecule has 1 amide bonds. The summed E-state index contributed by atoms with van der Waals surface area (Å²) in [6.45, 7) is 1.38. The highest BCUT2D eigenvalue weighted by molar-refractivity contribution is 7.11. The molecule has 4 N–H and O–H groups in total. The molecule has 1 rings (SSSR count). The van der Waals surface area contributed by atoms with Crippen molar-refractivity contribution in [2.75, 3.05) is 30.3 Å². The standard InChI is InChI=1S/C11H17F3N4O2S/c1-6(2)16-9(20)7-8(15)17-21-10(7)18(3-4-19)5-11(12,13)14/h6,19H,3-5H2,1-2H3,(H2,15,17)(H,16,20). The van der Waals surface area contributed by atoms with E-state index in [1.54, 1.807) is 13.8 Å². The molecule has 0 saturated heterocycles. The first-order chi connectivity index (χ1) is 9.65. The SMILES string of the molecule is CC(C)NC(=O)c1c(N)nsc1N(CCO)CC(F)(F)F. The molecular formula is C11H17F3N4O2S. The van der Waals surface area contributed by atoms with Crippen molar-refractivity contribution in [1.82, 2.24) is 9.69 Å². The van der Waals surface area contributed by atoms with Crippen LogP contribution in [-0.2, 0) is 0 Å². The quantitative estimate of drug-likeness (QED) is 0.731. The Labute approximate surface area is 123 Å². The number of rotatable bonds is 6. The van der Waals surface area contributed by atoms with E-state index in [2.05, 4.69) is 9.69 Å². The second kappa shape index (κ2) is 6.94. The van der Waals surface area contributed by atoms with Crippen LogP contribution in [0, 0.1) is 0 Å². The molecule has 0 fully saturated rings. The van der Waals surface area contributed by atoms with E-state index in [1.807, 2.05) is 0 Å². The number of hydrogen-bond donors (Lipinski definition) is 3. The smallest absolute Gasteiger partial charge is 0.395 e. The zero-order valence-electron chi connectivity index (χ0n) is 11.6. The maximum absolute atomic E-state index is 12.6. The van der Waals surface area contributed by atoms with Gasteiger partial charge < -0.3 is 21.1 Å². The van der Waals surface area contributed by atoms with Gasteiger partial charge in [-0.15, -0.1) is 0 Å². The van der Waals surface area contributed by atoms with Crippen molar-refractivity contribution in [3.8, 4) is 0 Å². The van der Waals surface area contributed by atoms with E-state index in [4.69, 9.17) is 10.8 Å². The number of anilines is 2. The molecule has 0 unspecified atom stereocenters. The largest absolute Gasteiger partial charge is 0.405 e. The van der Waals surface area contributed by atoms with E-state index in [1.165, 1.54) is 0 Å². The first-order valence-electron chi connectivity index (χ1n) is 6.14. The zero-order valence-corrected chi connectivity index (χ0v) is 12.4. The third-order valence-electron chi connectivity index (χ3n) is 2.37. The monoisotopic (exact) mass is 326 g/mol. The van der Waals surface area contributed by atoms with Crippen molar-refractivity contribution >= 4 is 28.3 Å². The van der Waals surface area contributed by atoms with Gasteiger partial charge in [-0.1, -0.05) is 0 Å². The maximum atomic E-state index is 12.6. The summed E-state index contributed by atoms with van der Waals surface area (Å²) >= 11 is 0.699. The Hall–Kier alpha value is -1.55. The van der Waals surface area contributed by atoms with Gasteiger partial charge in [0.1, 0.15) is 17.1 Å². The minimum Gasteiger partial charge on any atom is -0.395 e. The Morgan fingerprint density at radius 3 is 2.62 bits per heavy atom. The molecular weight excluding hydrogens is 309 g/mol. The van der Waals surface area contributed by atoms with Crippen LogP contribution in [0.4, 0.5) is 24.0 Å². The highest BCUT2D eigenvalue weighted by Gasteiger charge is 2.34. The van der Waals surface area contributed by atoms with Crippen molar-refractivity contribution < 1.29 is 23.1 Å². The summed E-state index contributed by atoms with van der Waals surface area (Å²) in [6.07, 6.45) is -4.47. The van der Waals surface area contributed by atoms with Crippen LogP contribution in [0.2, 0.25) is 0 Å². The number of alkyl halides is 3. The molecule has 0 aliphatic rings. The van der Waals surface area contributed by atoms with Crippen LogP contribution in [0.25, 0.3) is 0 Å². The number of aliphatic hydroxyl groups excluding tert-OH is 1. The number of aromatic nitrogens is 1. The summed E-state index contributed by atoms with van der Waals surface area (Å²) < 4.78 is 41.5. The number of nitrogens with one attached hydrogen (secondary N) is 1. The fraction of sp³-hybridized carbons (Fsp3) is 0.636. The molecule has 6 nitrogen and oxygen atoms in total. The normalized spacial score (nSPS) is 11.8. The minimum absolute atomic E-state index is 0.00275. The van der Waals surface area contributed by atoms with Gasteiger partial charge in [0.05, 0.1) is 6.61 Å². The van der Waals surface area contributed by atoms with E-state index in [9.17, 15) is 18.0 Å². The first-order valence-corrected chi connectivity index (χ1v) is 6.91. The molecule has 0 aliphatic heterocycles. The summed E-state index contributed by atoms with van der Waals surface area (Å²) in [5.74, 6) is -0.713. The van der Waals surface area contributed by atoms with Crippen LogP contribution in [0.15, 0.2) is 0 Å². The molecule has 0 spiro atoms. The van der Waals surface area contributed by atoms with Crippen molar-refractivity contribution in [3.63, 3.8) is 0 Å². The average molecular weight is 326 g/mol. The third kappa shape index (κ3) is 5.05. The van der Waals surface area contributed by atoms with Gasteiger partial charge in [-0.2, -0.15) is 17.5 Å². The van der Waals surface area contributed by atoms with E-state index >= 15 is 0 Å². The molecule has 0 aromatic carbocycles. The van der Waals surface area contributed by atoms with Gasteiger partial charge >= 0.3 is 6.18 Å². The minimum atomic E-state index is -4.47. The third-order valence-corrected chi connectivity index (χ3v) is 3.30. The molecule has 10 heteroatoms. The lowest BCUT2D eigenvalue weighted by atomic mass is 10.2. The topological polar surface area (TPSA) is 91.5 Å². The molecule has 0 saturated carbocycles. The molecule has 120 valence electrons. The molecule has 0 radical (unpaired) electrons. The molecule has 0 atom stereocenters. The lowest BCUT2D eigenvalue weighted by molar-refractivity contribution is -0.119. The molecule has 1 heterocycles. The molecule has 21 heavy (non-hydrogen) atoms. The number of hydrogen-bond acceptors (Lipinski definition) is 6. The van der Waals surface area contributed by atoms with Gasteiger partial charge in [0, 0.05) is 12.6 Å². The fourth-order valence-electron chi connectivity index (χ4n) is 1.65. The highest BCUT2D eigenvalue weighted by Crippen LogP contribution is 2.32. The lowest BCUT2D eigenvalue weighted by Crippen LogP contribution is -2.38. The van der Waals surface area contributed by atoms with Crippen molar-refractivity contribution in [2.24, 2.45) is 0 Å². The number of carbonyl (C=O) groups is 1. The predicted octanol–water partition coefficient (Wildman–Crippen LogP) is 1.22. The molecule has 1 aromatic rings. The second-order valence-corrected chi connectivity index (χ2v) is 5.39. The summed E-state index contributed by atoms with van der Waals surface area (Å²) in [4.78, 5) is 12.9. The first kappa shape index (κ1) is 17.5. The van der Waals surface area contributed by atoms with Crippen molar-refractivity contribution in [1.29, 1.82) is 0 Å². The second-order valence-electron chi connectivity index (χ2n) is 4.64. The van der Waals surface area contributed by atoms with Crippen LogP contribution in [0.3, 0.4) is 0 Å². The van der Waals surface area contributed by atoms with Gasteiger partial charge in [0.25, 0.3) is 5.91 Å². The number of amides is 1. The lowest BCUT2D eigenvalue weighted by Gasteiger charge is -2.24. The van der Waals surface area contributed by atoms with E-state index in [0.29, 0.717) is 11.5 Å². The van der Waals surface area contributed by atoms with Gasteiger partial charge in [-0.25, -0.2) is 0 Å². The number of nitrogens with two attached hydrogens (primary N) is 1. The van der Waals surface area contributed by atoms with E-state index in [-0.39, 0.29) is 29.0 Å².